The summed E-state index contributed by atoms with van der Waals surface area (Å²) in [4.78, 5) is 24.3. The molecule has 126 valence electrons. The molecule has 0 aliphatic rings. The Morgan fingerprint density at radius 3 is 2.56 bits per heavy atom. The summed E-state index contributed by atoms with van der Waals surface area (Å²) >= 11 is 11.5. The Morgan fingerprint density at radius 2 is 1.88 bits per heavy atom. The molecule has 8 heteroatoms. The summed E-state index contributed by atoms with van der Waals surface area (Å²) in [5.41, 5.74) is -0.117. The molecular formula is C17H10Cl2FN2O3+. The largest absolute Gasteiger partial charge is 0.439 e. The van der Waals surface area contributed by atoms with Crippen LogP contribution in [0.15, 0.2) is 57.9 Å². The highest BCUT2D eigenvalue weighted by Gasteiger charge is 2.29. The maximum absolute atomic E-state index is 13.3. The number of benzene rings is 2. The van der Waals surface area contributed by atoms with Crippen LogP contribution in [-0.2, 0) is 0 Å². The minimum absolute atomic E-state index is 0.151. The van der Waals surface area contributed by atoms with Crippen molar-refractivity contribution in [2.24, 2.45) is 0 Å². The third kappa shape index (κ3) is 3.70. The molecule has 1 aromatic heterocycles. The summed E-state index contributed by atoms with van der Waals surface area (Å²) in [6.07, 6.45) is 2.76. The summed E-state index contributed by atoms with van der Waals surface area (Å²) in [7, 11) is 0. The molecule has 3 aromatic rings. The van der Waals surface area contributed by atoms with E-state index in [-0.39, 0.29) is 16.4 Å². The molecule has 5 nitrogen and oxygen atoms in total. The number of ketones is 1. The van der Waals surface area contributed by atoms with Crippen LogP contribution in [-0.4, -0.2) is 11.1 Å². The molecule has 3 rings (SSSR count). The van der Waals surface area contributed by atoms with Crippen LogP contribution in [0.4, 0.5) is 4.39 Å². The van der Waals surface area contributed by atoms with E-state index in [1.165, 1.54) is 24.3 Å². The smallest absolute Gasteiger partial charge is 0.282 e. The number of hydrogen-bond acceptors (Lipinski definition) is 3. The SMILES string of the molecule is O=C(/C=C/c1ccc(Cl)cc1)c1c(=O)o[nH][n+]1-c1ccc(F)c(Cl)c1. The first-order valence-corrected chi connectivity index (χ1v) is 7.78. The first-order valence-electron chi connectivity index (χ1n) is 7.02. The Balaban J connectivity index is 1.95. The van der Waals surface area contributed by atoms with E-state index in [4.69, 9.17) is 23.2 Å². The van der Waals surface area contributed by atoms with Crippen LogP contribution in [0.1, 0.15) is 16.1 Å². The number of rotatable bonds is 4. The molecule has 0 aliphatic heterocycles. The van der Waals surface area contributed by atoms with E-state index in [1.807, 2.05) is 0 Å². The molecule has 1 N–H and O–H groups in total. The van der Waals surface area contributed by atoms with E-state index < -0.39 is 17.2 Å². The van der Waals surface area contributed by atoms with Gasteiger partial charge in [0.1, 0.15) is 5.82 Å². The number of carbonyl (C=O) groups excluding carboxylic acids is 1. The Bertz CT molecular complexity index is 1020. The average molecular weight is 380 g/mol. The molecule has 25 heavy (non-hydrogen) atoms. The lowest BCUT2D eigenvalue weighted by Crippen LogP contribution is -2.40. The van der Waals surface area contributed by atoms with Crippen molar-refractivity contribution in [2.75, 3.05) is 0 Å². The molecule has 0 radical (unpaired) electrons. The van der Waals surface area contributed by atoms with E-state index in [1.54, 1.807) is 24.3 Å². The Labute approximate surface area is 150 Å². The number of nitrogens with one attached hydrogen (secondary N) is 1. The van der Waals surface area contributed by atoms with Crippen LogP contribution in [0.5, 0.6) is 0 Å². The average Bonchev–Trinajstić information content (AvgIpc) is 2.98. The Morgan fingerprint density at radius 1 is 1.16 bits per heavy atom. The van der Waals surface area contributed by atoms with E-state index in [2.05, 4.69) is 9.79 Å². The van der Waals surface area contributed by atoms with E-state index in [0.717, 1.165) is 16.3 Å². The number of carbonyl (C=O) groups is 1. The van der Waals surface area contributed by atoms with Crippen molar-refractivity contribution in [1.82, 2.24) is 5.27 Å². The summed E-state index contributed by atoms with van der Waals surface area (Å²) in [6.45, 7) is 0. The highest BCUT2D eigenvalue weighted by molar-refractivity contribution is 6.31. The highest BCUT2D eigenvalue weighted by atomic mass is 35.5. The fourth-order valence-corrected chi connectivity index (χ4v) is 2.41. The highest BCUT2D eigenvalue weighted by Crippen LogP contribution is 2.16. The van der Waals surface area contributed by atoms with Gasteiger partial charge in [-0.1, -0.05) is 41.4 Å². The normalized spacial score (nSPS) is 11.2. The van der Waals surface area contributed by atoms with Gasteiger partial charge in [-0.3, -0.25) is 9.32 Å². The Kier molecular flexibility index (Phi) is 4.83. The predicted molar refractivity (Wildman–Crippen MR) is 90.6 cm³/mol. The van der Waals surface area contributed by atoms with Gasteiger partial charge in [-0.25, -0.2) is 9.18 Å². The van der Waals surface area contributed by atoms with Gasteiger partial charge in [0, 0.05) is 17.2 Å². The van der Waals surface area contributed by atoms with Crippen LogP contribution in [0.25, 0.3) is 11.8 Å². The molecule has 0 aliphatic carbocycles. The molecule has 0 saturated heterocycles. The minimum atomic E-state index is -0.855. The van der Waals surface area contributed by atoms with E-state index in [9.17, 15) is 14.0 Å². The van der Waals surface area contributed by atoms with Crippen molar-refractivity contribution in [2.45, 2.75) is 0 Å². The van der Waals surface area contributed by atoms with E-state index >= 15 is 0 Å². The van der Waals surface area contributed by atoms with Gasteiger partial charge in [-0.15, -0.1) is 0 Å². The van der Waals surface area contributed by atoms with Gasteiger partial charge >= 0.3 is 11.3 Å². The van der Waals surface area contributed by atoms with Crippen LogP contribution < -0.4 is 10.3 Å². The second-order valence-corrected chi connectivity index (χ2v) is 5.86. The van der Waals surface area contributed by atoms with Crippen LogP contribution in [0, 0.1) is 5.82 Å². The van der Waals surface area contributed by atoms with Gasteiger partial charge in [0.05, 0.1) is 5.02 Å². The van der Waals surface area contributed by atoms with Gasteiger partial charge in [-0.05, 0) is 39.8 Å². The fraction of sp³-hybridized carbons (Fsp3) is 0. The lowest BCUT2D eigenvalue weighted by atomic mass is 10.2. The number of aromatic amines is 1. The number of H-pyrrole nitrogens is 1. The summed E-state index contributed by atoms with van der Waals surface area (Å²) in [6, 6.07) is 10.5. The zero-order chi connectivity index (χ0) is 18.0. The molecule has 0 saturated carbocycles. The molecule has 0 bridgehead atoms. The maximum atomic E-state index is 13.3. The van der Waals surface area contributed by atoms with Crippen molar-refractivity contribution in [3.05, 3.63) is 86.1 Å². The van der Waals surface area contributed by atoms with Gasteiger partial charge in [-0.2, -0.15) is 0 Å². The third-order valence-corrected chi connectivity index (χ3v) is 3.88. The first kappa shape index (κ1) is 17.1. The monoisotopic (exact) mass is 379 g/mol. The molecular weight excluding hydrogens is 370 g/mol. The van der Waals surface area contributed by atoms with Crippen LogP contribution in [0.2, 0.25) is 10.0 Å². The second-order valence-electron chi connectivity index (χ2n) is 5.01. The second kappa shape index (κ2) is 7.04. The fourth-order valence-electron chi connectivity index (χ4n) is 2.11. The summed E-state index contributed by atoms with van der Waals surface area (Å²) < 4.78 is 19.1. The molecule has 0 amide bonds. The lowest BCUT2D eigenvalue weighted by molar-refractivity contribution is -0.672. The van der Waals surface area contributed by atoms with Crippen molar-refractivity contribution >= 4 is 35.1 Å². The number of allylic oxidation sites excluding steroid dienone is 1. The van der Waals surface area contributed by atoms with Crippen molar-refractivity contribution in [3.63, 3.8) is 0 Å². The van der Waals surface area contributed by atoms with Gasteiger partial charge in [0.2, 0.25) is 5.69 Å². The number of halogens is 3. The first-order chi connectivity index (χ1) is 12.0. The maximum Gasteiger partial charge on any atom is 0.439 e. The number of nitrogens with zero attached hydrogens (tertiary/aromatic N) is 1. The Hall–Kier alpha value is -2.70. The quantitative estimate of drug-likeness (QED) is 0.427. The zero-order valence-corrected chi connectivity index (χ0v) is 14.0. The van der Waals surface area contributed by atoms with Crippen LogP contribution >= 0.6 is 23.2 Å². The van der Waals surface area contributed by atoms with Gasteiger partial charge < -0.3 is 0 Å². The van der Waals surface area contributed by atoms with Crippen molar-refractivity contribution < 1.29 is 18.4 Å². The molecule has 1 heterocycles. The minimum Gasteiger partial charge on any atom is -0.282 e. The molecule has 0 unspecified atom stereocenters. The predicted octanol–water partition coefficient (Wildman–Crippen LogP) is 3.59. The molecule has 0 fully saturated rings. The van der Waals surface area contributed by atoms with Crippen LogP contribution in [0.3, 0.4) is 0 Å². The number of aromatic nitrogens is 2. The third-order valence-electron chi connectivity index (χ3n) is 3.34. The summed E-state index contributed by atoms with van der Waals surface area (Å²) in [5, 5.41) is 2.72. The molecule has 2 aromatic carbocycles. The van der Waals surface area contributed by atoms with Gasteiger partial charge in [0.25, 0.3) is 5.78 Å². The standard InChI is InChI=1S/C17H9Cl2FN2O3/c18-11-4-1-10(2-5-11)3-8-15(23)16-17(24)25-21-22(16)12-6-7-14(20)13(19)9-12/h1-9H/p+1/b8-3+. The number of hydrogen-bond donors (Lipinski definition) is 1. The molecule has 0 spiro atoms. The topological polar surface area (TPSA) is 67.0 Å². The lowest BCUT2D eigenvalue weighted by Gasteiger charge is -1.95. The zero-order valence-electron chi connectivity index (χ0n) is 12.5. The summed E-state index contributed by atoms with van der Waals surface area (Å²) in [5.74, 6) is -1.21. The van der Waals surface area contributed by atoms with E-state index in [0.29, 0.717) is 5.02 Å². The van der Waals surface area contributed by atoms with Gasteiger partial charge in [0.15, 0.2) is 0 Å². The van der Waals surface area contributed by atoms with Crippen molar-refractivity contribution in [1.29, 1.82) is 0 Å². The van der Waals surface area contributed by atoms with Crippen molar-refractivity contribution in [3.8, 4) is 5.69 Å². The molecule has 0 atom stereocenters.